The van der Waals surface area contributed by atoms with Gasteiger partial charge in [0.25, 0.3) is 0 Å². The summed E-state index contributed by atoms with van der Waals surface area (Å²) in [5.74, 6) is 2.13. The summed E-state index contributed by atoms with van der Waals surface area (Å²) in [5, 5.41) is 12.7. The zero-order valence-electron chi connectivity index (χ0n) is 15.7. The summed E-state index contributed by atoms with van der Waals surface area (Å²) in [6.07, 6.45) is 0. The first-order chi connectivity index (χ1) is 14.1. The molecule has 4 rings (SSSR count). The van der Waals surface area contributed by atoms with E-state index in [9.17, 15) is 4.79 Å². The van der Waals surface area contributed by atoms with E-state index in [4.69, 9.17) is 21.1 Å². The molecular weight excluding hydrogens is 412 g/mol. The van der Waals surface area contributed by atoms with Gasteiger partial charge in [0.05, 0.1) is 5.75 Å². The number of ether oxygens (including phenoxy) is 2. The number of fused-ring (bicyclic) bond motifs is 1. The molecule has 3 aromatic rings. The van der Waals surface area contributed by atoms with Gasteiger partial charge in [-0.15, -0.1) is 10.2 Å². The van der Waals surface area contributed by atoms with Crippen LogP contribution in [0.4, 0.5) is 5.69 Å². The standard InChI is InChI=1S/C20H19ClN4O3S/c1-2-25-19(13-4-3-5-14(21)10-13)23-24-20(25)29-12-18(26)22-15-6-7-16-17(11-15)28-9-8-27-16/h3-7,10-11H,2,8-9,12H2,1H3,(H,22,26). The Kier molecular flexibility index (Phi) is 5.92. The van der Waals surface area contributed by atoms with Crippen LogP contribution in [0.1, 0.15) is 6.92 Å². The summed E-state index contributed by atoms with van der Waals surface area (Å²) in [6.45, 7) is 3.73. The van der Waals surface area contributed by atoms with E-state index in [1.807, 2.05) is 35.8 Å². The van der Waals surface area contributed by atoms with E-state index in [2.05, 4.69) is 15.5 Å². The van der Waals surface area contributed by atoms with E-state index in [0.29, 0.717) is 47.1 Å². The molecular formula is C20H19ClN4O3S. The quantitative estimate of drug-likeness (QED) is 0.592. The van der Waals surface area contributed by atoms with Crippen molar-refractivity contribution in [3.63, 3.8) is 0 Å². The van der Waals surface area contributed by atoms with Crippen molar-refractivity contribution in [2.24, 2.45) is 0 Å². The summed E-state index contributed by atoms with van der Waals surface area (Å²) >= 11 is 7.42. The zero-order valence-corrected chi connectivity index (χ0v) is 17.3. The number of amides is 1. The van der Waals surface area contributed by atoms with Gasteiger partial charge in [0.15, 0.2) is 22.5 Å². The highest BCUT2D eigenvalue weighted by atomic mass is 35.5. The van der Waals surface area contributed by atoms with Crippen molar-refractivity contribution in [2.75, 3.05) is 24.3 Å². The molecule has 0 unspecified atom stereocenters. The number of carbonyl (C=O) groups is 1. The van der Waals surface area contributed by atoms with Crippen LogP contribution in [0, 0.1) is 0 Å². The maximum Gasteiger partial charge on any atom is 0.234 e. The topological polar surface area (TPSA) is 78.3 Å². The third-order valence-electron chi connectivity index (χ3n) is 4.27. The van der Waals surface area contributed by atoms with E-state index in [0.717, 1.165) is 11.4 Å². The number of nitrogens with zero attached hydrogens (tertiary/aromatic N) is 3. The van der Waals surface area contributed by atoms with E-state index in [1.54, 1.807) is 18.2 Å². The van der Waals surface area contributed by atoms with Gasteiger partial charge >= 0.3 is 0 Å². The van der Waals surface area contributed by atoms with Crippen LogP contribution in [-0.4, -0.2) is 39.6 Å². The van der Waals surface area contributed by atoms with E-state index < -0.39 is 0 Å². The van der Waals surface area contributed by atoms with Gasteiger partial charge in [0.2, 0.25) is 5.91 Å². The Labute approximate surface area is 177 Å². The lowest BCUT2D eigenvalue weighted by molar-refractivity contribution is -0.113. The van der Waals surface area contributed by atoms with Crippen LogP contribution >= 0.6 is 23.4 Å². The molecule has 29 heavy (non-hydrogen) atoms. The molecule has 7 nitrogen and oxygen atoms in total. The molecule has 0 fully saturated rings. The molecule has 1 aliphatic heterocycles. The summed E-state index contributed by atoms with van der Waals surface area (Å²) in [4.78, 5) is 12.4. The number of nitrogens with one attached hydrogen (secondary N) is 1. The normalized spacial score (nSPS) is 12.6. The molecule has 1 amide bonds. The van der Waals surface area contributed by atoms with E-state index >= 15 is 0 Å². The largest absolute Gasteiger partial charge is 0.486 e. The van der Waals surface area contributed by atoms with Crippen molar-refractivity contribution < 1.29 is 14.3 Å². The highest BCUT2D eigenvalue weighted by Crippen LogP contribution is 2.32. The van der Waals surface area contributed by atoms with Crippen LogP contribution in [0.25, 0.3) is 11.4 Å². The SMILES string of the molecule is CCn1c(SCC(=O)Nc2ccc3c(c2)OCCO3)nnc1-c1cccc(Cl)c1. The maximum atomic E-state index is 12.4. The number of hydrogen-bond donors (Lipinski definition) is 1. The van der Waals surface area contributed by atoms with Gasteiger partial charge in [-0.1, -0.05) is 35.5 Å². The predicted octanol–water partition coefficient (Wildman–Crippen LogP) is 4.12. The number of carbonyl (C=O) groups excluding carboxylic acids is 1. The Morgan fingerprint density at radius 1 is 1.17 bits per heavy atom. The fourth-order valence-electron chi connectivity index (χ4n) is 2.97. The van der Waals surface area contributed by atoms with Gasteiger partial charge in [0.1, 0.15) is 13.2 Å². The van der Waals surface area contributed by atoms with Crippen LogP contribution in [0.2, 0.25) is 5.02 Å². The lowest BCUT2D eigenvalue weighted by Crippen LogP contribution is -2.17. The average molecular weight is 431 g/mol. The van der Waals surface area contributed by atoms with E-state index in [1.165, 1.54) is 11.8 Å². The predicted molar refractivity (Wildman–Crippen MR) is 113 cm³/mol. The highest BCUT2D eigenvalue weighted by molar-refractivity contribution is 7.99. The minimum Gasteiger partial charge on any atom is -0.486 e. The molecule has 0 spiro atoms. The first-order valence-corrected chi connectivity index (χ1v) is 10.5. The van der Waals surface area contributed by atoms with Crippen LogP contribution in [0.5, 0.6) is 11.5 Å². The molecule has 2 heterocycles. The van der Waals surface area contributed by atoms with Gasteiger partial charge in [-0.05, 0) is 31.2 Å². The molecule has 150 valence electrons. The van der Waals surface area contributed by atoms with Crippen molar-refractivity contribution in [3.8, 4) is 22.9 Å². The van der Waals surface area contributed by atoms with Gasteiger partial charge in [-0.25, -0.2) is 0 Å². The Balaban J connectivity index is 1.42. The highest BCUT2D eigenvalue weighted by Gasteiger charge is 2.16. The monoisotopic (exact) mass is 430 g/mol. The zero-order chi connectivity index (χ0) is 20.2. The van der Waals surface area contributed by atoms with E-state index in [-0.39, 0.29) is 11.7 Å². The molecule has 0 bridgehead atoms. The number of anilines is 1. The fourth-order valence-corrected chi connectivity index (χ4v) is 3.96. The van der Waals surface area contributed by atoms with Gasteiger partial charge < -0.3 is 19.4 Å². The molecule has 1 N–H and O–H groups in total. The smallest absolute Gasteiger partial charge is 0.234 e. The molecule has 0 radical (unpaired) electrons. The second-order valence-corrected chi connectivity index (χ2v) is 7.64. The number of hydrogen-bond acceptors (Lipinski definition) is 6. The molecule has 1 aliphatic rings. The van der Waals surface area contributed by atoms with Crippen molar-refractivity contribution >= 4 is 35.0 Å². The summed E-state index contributed by atoms with van der Waals surface area (Å²) < 4.78 is 13.0. The first-order valence-electron chi connectivity index (χ1n) is 9.15. The Bertz CT molecular complexity index is 1040. The first kappa shape index (κ1) is 19.6. The van der Waals surface area contributed by atoms with Crippen LogP contribution < -0.4 is 14.8 Å². The van der Waals surface area contributed by atoms with Crippen LogP contribution in [0.15, 0.2) is 47.6 Å². The fraction of sp³-hybridized carbons (Fsp3) is 0.250. The number of halogens is 1. The minimum absolute atomic E-state index is 0.137. The molecule has 0 atom stereocenters. The minimum atomic E-state index is -0.137. The molecule has 0 saturated carbocycles. The Hall–Kier alpha value is -2.71. The van der Waals surface area contributed by atoms with Gasteiger partial charge in [0, 0.05) is 28.9 Å². The maximum absolute atomic E-state index is 12.4. The molecule has 2 aromatic carbocycles. The summed E-state index contributed by atoms with van der Waals surface area (Å²) in [6, 6.07) is 12.8. The number of benzene rings is 2. The third-order valence-corrected chi connectivity index (χ3v) is 5.48. The molecule has 1 aromatic heterocycles. The number of thioether (sulfide) groups is 1. The number of aromatic nitrogens is 3. The molecule has 0 aliphatic carbocycles. The molecule has 9 heteroatoms. The Morgan fingerprint density at radius 3 is 2.79 bits per heavy atom. The van der Waals surface area contributed by atoms with Crippen LogP contribution in [0.3, 0.4) is 0 Å². The third kappa shape index (κ3) is 4.49. The Morgan fingerprint density at radius 2 is 2.00 bits per heavy atom. The summed E-state index contributed by atoms with van der Waals surface area (Å²) in [5.41, 5.74) is 1.55. The lowest BCUT2D eigenvalue weighted by atomic mass is 10.2. The second kappa shape index (κ2) is 8.75. The van der Waals surface area contributed by atoms with Crippen molar-refractivity contribution in [1.29, 1.82) is 0 Å². The van der Waals surface area contributed by atoms with Crippen LogP contribution in [-0.2, 0) is 11.3 Å². The van der Waals surface area contributed by atoms with Crippen molar-refractivity contribution in [2.45, 2.75) is 18.6 Å². The van der Waals surface area contributed by atoms with Crippen molar-refractivity contribution in [1.82, 2.24) is 14.8 Å². The lowest BCUT2D eigenvalue weighted by Gasteiger charge is -2.19. The second-order valence-electron chi connectivity index (χ2n) is 6.26. The number of rotatable bonds is 6. The summed E-state index contributed by atoms with van der Waals surface area (Å²) in [7, 11) is 0. The van der Waals surface area contributed by atoms with Crippen molar-refractivity contribution in [3.05, 3.63) is 47.5 Å². The van der Waals surface area contributed by atoms with Gasteiger partial charge in [-0.3, -0.25) is 4.79 Å². The van der Waals surface area contributed by atoms with Gasteiger partial charge in [-0.2, -0.15) is 0 Å². The average Bonchev–Trinajstić information content (AvgIpc) is 3.15. The molecule has 0 saturated heterocycles.